The Morgan fingerprint density at radius 2 is 1.95 bits per heavy atom. The lowest BCUT2D eigenvalue weighted by atomic mass is 9.85. The summed E-state index contributed by atoms with van der Waals surface area (Å²) in [5, 5.41) is 7.12. The van der Waals surface area contributed by atoms with Crippen LogP contribution in [-0.2, 0) is 17.6 Å². The van der Waals surface area contributed by atoms with Crippen LogP contribution in [0, 0.1) is 5.82 Å². The molecule has 0 bridgehead atoms. The number of hydrogen-bond acceptors (Lipinski definition) is 6. The number of nitrogens with one attached hydrogen (secondary N) is 2. The highest BCUT2D eigenvalue weighted by Crippen LogP contribution is 2.36. The summed E-state index contributed by atoms with van der Waals surface area (Å²) < 4.78 is 32.3. The Hall–Kier alpha value is -3.66. The van der Waals surface area contributed by atoms with Crippen LogP contribution in [0.25, 0.3) is 16.9 Å². The summed E-state index contributed by atoms with van der Waals surface area (Å²) in [6.45, 7) is 7.73. The highest BCUT2D eigenvalue weighted by molar-refractivity contribution is 5.77. The minimum atomic E-state index is -1.99. The van der Waals surface area contributed by atoms with Crippen molar-refractivity contribution in [2.24, 2.45) is 0 Å². The number of fused-ring (bicyclic) bond motifs is 2. The van der Waals surface area contributed by atoms with Gasteiger partial charge in [0.15, 0.2) is 11.5 Å². The van der Waals surface area contributed by atoms with Gasteiger partial charge in [0.1, 0.15) is 22.6 Å². The number of alkyl halides is 1. The van der Waals surface area contributed by atoms with Crippen molar-refractivity contribution in [2.45, 2.75) is 64.2 Å². The monoisotopic (exact) mass is 505 g/mol. The molecule has 1 saturated carbocycles. The molecule has 10 heteroatoms. The number of rotatable bonds is 5. The van der Waals surface area contributed by atoms with Crippen molar-refractivity contribution in [3.05, 3.63) is 69.5 Å². The fourth-order valence-corrected chi connectivity index (χ4v) is 5.12. The van der Waals surface area contributed by atoms with E-state index in [1.165, 1.54) is 43.3 Å². The number of aromatic nitrogens is 5. The Kier molecular flexibility index (Phi) is 5.24. The lowest BCUT2D eigenvalue weighted by Gasteiger charge is -2.34. The van der Waals surface area contributed by atoms with Gasteiger partial charge in [0.05, 0.1) is 6.04 Å². The zero-order chi connectivity index (χ0) is 26.1. The van der Waals surface area contributed by atoms with Gasteiger partial charge >= 0.3 is 0 Å². The predicted molar refractivity (Wildman–Crippen MR) is 138 cm³/mol. The average molecular weight is 506 g/mol. The van der Waals surface area contributed by atoms with Crippen molar-refractivity contribution in [2.75, 3.05) is 11.9 Å². The van der Waals surface area contributed by atoms with E-state index >= 15 is 0 Å². The first-order valence-electron chi connectivity index (χ1n) is 12.5. The molecular weight excluding hydrogens is 476 g/mol. The number of hydrogen-bond donors (Lipinski definition) is 2. The molecule has 1 aromatic carbocycles. The van der Waals surface area contributed by atoms with Gasteiger partial charge in [-0.1, -0.05) is 6.07 Å². The number of nitrogens with zero attached hydrogens (tertiary/aromatic N) is 5. The van der Waals surface area contributed by atoms with Gasteiger partial charge in [-0.25, -0.2) is 28.1 Å². The fourth-order valence-electron chi connectivity index (χ4n) is 5.12. The van der Waals surface area contributed by atoms with E-state index in [1.807, 2.05) is 6.07 Å². The molecule has 0 unspecified atom stereocenters. The summed E-state index contributed by atoms with van der Waals surface area (Å²) in [5.74, 6) is -0.194. The second-order valence-electron chi connectivity index (χ2n) is 10.9. The van der Waals surface area contributed by atoms with Crippen LogP contribution in [0.15, 0.2) is 41.3 Å². The van der Waals surface area contributed by atoms with Crippen LogP contribution < -0.4 is 16.2 Å². The van der Waals surface area contributed by atoms with Crippen molar-refractivity contribution in [1.29, 1.82) is 0 Å². The van der Waals surface area contributed by atoms with Crippen LogP contribution in [0.3, 0.4) is 0 Å². The first-order valence-corrected chi connectivity index (χ1v) is 12.5. The quantitative estimate of drug-likeness (QED) is 0.406. The smallest absolute Gasteiger partial charge is 0.278 e. The SMILES string of the molecule is CC(C)(F)c1nc(-n2c3nc(Nc4ccc5c(c4)CCNC5(C)C)ncc3c(=O)n2C2CC2)ccc1F. The molecule has 0 amide bonds. The standard InChI is InChI=1S/C27H29F2N7O/c1-26(2,29)22-20(28)9-10-21(33-22)36-23-18(24(37)35(36)17-6-7-17)14-30-25(34-23)32-16-5-8-19-15(13-16)11-12-31-27(19,3)4/h5,8-10,13-14,17,31H,6-7,11-12H2,1-4H3,(H,30,32,34). The Morgan fingerprint density at radius 1 is 1.16 bits per heavy atom. The number of halogens is 2. The van der Waals surface area contributed by atoms with E-state index < -0.39 is 11.5 Å². The lowest BCUT2D eigenvalue weighted by molar-refractivity contribution is 0.205. The van der Waals surface area contributed by atoms with Crippen molar-refractivity contribution in [3.8, 4) is 5.82 Å². The molecule has 0 spiro atoms. The van der Waals surface area contributed by atoms with Gasteiger partial charge in [0, 0.05) is 17.4 Å². The molecule has 4 aromatic rings. The summed E-state index contributed by atoms with van der Waals surface area (Å²) in [7, 11) is 0. The molecule has 1 aliphatic carbocycles. The summed E-state index contributed by atoms with van der Waals surface area (Å²) in [4.78, 5) is 26.7. The summed E-state index contributed by atoms with van der Waals surface area (Å²) in [6.07, 6.45) is 4.08. The molecule has 0 radical (unpaired) electrons. The largest absolute Gasteiger partial charge is 0.324 e. The predicted octanol–water partition coefficient (Wildman–Crippen LogP) is 4.78. The minimum absolute atomic E-state index is 0.0237. The van der Waals surface area contributed by atoms with E-state index in [4.69, 9.17) is 0 Å². The maximum absolute atomic E-state index is 14.7. The normalized spacial score (nSPS) is 17.1. The van der Waals surface area contributed by atoms with Crippen molar-refractivity contribution < 1.29 is 8.78 Å². The molecule has 0 atom stereocenters. The lowest BCUT2D eigenvalue weighted by Crippen LogP contribution is -2.42. The van der Waals surface area contributed by atoms with Gasteiger partial charge in [0.25, 0.3) is 5.56 Å². The Bertz CT molecular complexity index is 1600. The van der Waals surface area contributed by atoms with Gasteiger partial charge in [0.2, 0.25) is 5.95 Å². The van der Waals surface area contributed by atoms with Crippen LogP contribution in [0.1, 0.15) is 63.4 Å². The molecule has 37 heavy (non-hydrogen) atoms. The second-order valence-corrected chi connectivity index (χ2v) is 10.9. The van der Waals surface area contributed by atoms with Crippen LogP contribution in [0.5, 0.6) is 0 Å². The molecule has 4 heterocycles. The van der Waals surface area contributed by atoms with Crippen molar-refractivity contribution in [3.63, 3.8) is 0 Å². The third-order valence-corrected chi connectivity index (χ3v) is 7.12. The van der Waals surface area contributed by atoms with E-state index in [0.29, 0.717) is 17.0 Å². The maximum Gasteiger partial charge on any atom is 0.278 e. The molecule has 0 saturated heterocycles. The fraction of sp³-hybridized carbons (Fsp3) is 0.407. The molecule has 2 aliphatic rings. The molecule has 2 N–H and O–H groups in total. The van der Waals surface area contributed by atoms with Gasteiger partial charge in [-0.15, -0.1) is 0 Å². The third-order valence-electron chi connectivity index (χ3n) is 7.12. The van der Waals surface area contributed by atoms with Crippen molar-refractivity contribution >= 4 is 22.7 Å². The maximum atomic E-state index is 14.7. The zero-order valence-electron chi connectivity index (χ0n) is 21.3. The number of anilines is 2. The molecule has 1 aliphatic heterocycles. The summed E-state index contributed by atoms with van der Waals surface area (Å²) in [5.41, 5.74) is 1.02. The van der Waals surface area contributed by atoms with Crippen LogP contribution >= 0.6 is 0 Å². The highest BCUT2D eigenvalue weighted by Gasteiger charge is 2.33. The number of pyridine rings is 1. The molecule has 1 fully saturated rings. The molecule has 192 valence electrons. The number of benzene rings is 1. The van der Waals surface area contributed by atoms with E-state index in [9.17, 15) is 13.6 Å². The topological polar surface area (TPSA) is 89.7 Å². The van der Waals surface area contributed by atoms with E-state index in [-0.39, 0.29) is 28.7 Å². The Balaban J connectivity index is 1.46. The highest BCUT2D eigenvalue weighted by atomic mass is 19.1. The Labute approximate surface area is 212 Å². The van der Waals surface area contributed by atoms with Crippen molar-refractivity contribution in [1.82, 2.24) is 29.6 Å². The van der Waals surface area contributed by atoms with E-state index in [0.717, 1.165) is 31.5 Å². The van der Waals surface area contributed by atoms with Crippen LogP contribution in [-0.4, -0.2) is 30.9 Å². The van der Waals surface area contributed by atoms with Crippen LogP contribution in [0.2, 0.25) is 0 Å². The first kappa shape index (κ1) is 23.7. The van der Waals surface area contributed by atoms with E-state index in [1.54, 1.807) is 9.36 Å². The molecule has 8 nitrogen and oxygen atoms in total. The van der Waals surface area contributed by atoms with Gasteiger partial charge < -0.3 is 10.6 Å². The summed E-state index contributed by atoms with van der Waals surface area (Å²) >= 11 is 0. The summed E-state index contributed by atoms with van der Waals surface area (Å²) in [6, 6.07) is 8.79. The zero-order valence-corrected chi connectivity index (χ0v) is 21.3. The second kappa shape index (κ2) is 8.17. The van der Waals surface area contributed by atoms with Gasteiger partial charge in [-0.05, 0) is 88.9 Å². The average Bonchev–Trinajstić information content (AvgIpc) is 3.62. The molecular formula is C27H29F2N7O. The Morgan fingerprint density at radius 3 is 2.68 bits per heavy atom. The molecule has 6 rings (SSSR count). The van der Waals surface area contributed by atoms with E-state index in [2.05, 4.69) is 51.6 Å². The van der Waals surface area contributed by atoms with Gasteiger partial charge in [-0.2, -0.15) is 4.98 Å². The van der Waals surface area contributed by atoms with Crippen LogP contribution in [0.4, 0.5) is 20.4 Å². The first-order chi connectivity index (χ1) is 17.5. The van der Waals surface area contributed by atoms with Gasteiger partial charge in [-0.3, -0.25) is 4.79 Å². The third kappa shape index (κ3) is 4.09. The molecule has 3 aromatic heterocycles. The minimum Gasteiger partial charge on any atom is -0.324 e.